The molecule has 0 saturated carbocycles. The molecule has 0 aliphatic heterocycles. The van der Waals surface area contributed by atoms with Gasteiger partial charge < -0.3 is 24.8 Å². The number of aliphatic carboxylic acids is 1. The topological polar surface area (TPSA) is 96.2 Å². The maximum atomic E-state index is 10.5. The third kappa shape index (κ3) is 7.36. The van der Waals surface area contributed by atoms with Gasteiger partial charge in [0.25, 0.3) is 0 Å². The molecular weight excluding hydrogens is 216 g/mol. The van der Waals surface area contributed by atoms with E-state index in [-0.39, 0.29) is 45.0 Å². The molecule has 0 bridgehead atoms. The Bertz CT molecular complexity index is 215. The van der Waals surface area contributed by atoms with E-state index in [4.69, 9.17) is 24.8 Å². The van der Waals surface area contributed by atoms with Crippen LogP contribution in [0.15, 0.2) is 12.2 Å². The Morgan fingerprint density at radius 2 is 1.94 bits per heavy atom. The van der Waals surface area contributed by atoms with E-state index in [1.165, 1.54) is 0 Å². The van der Waals surface area contributed by atoms with Crippen molar-refractivity contribution in [1.82, 2.24) is 0 Å². The molecule has 0 aromatic carbocycles. The van der Waals surface area contributed by atoms with Crippen LogP contribution in [0, 0.1) is 0 Å². The van der Waals surface area contributed by atoms with Gasteiger partial charge in [-0.05, 0) is 0 Å². The first-order valence-electron chi connectivity index (χ1n) is 4.94. The van der Waals surface area contributed by atoms with Crippen LogP contribution in [0.3, 0.4) is 0 Å². The minimum Gasteiger partial charge on any atom is -0.478 e. The number of hydrogen-bond donors (Lipinski definition) is 3. The Hall–Kier alpha value is -0.950. The molecule has 0 aliphatic rings. The lowest BCUT2D eigenvalue weighted by Crippen LogP contribution is -2.22. The number of hydrogen-bond acceptors (Lipinski definition) is 5. The summed E-state index contributed by atoms with van der Waals surface area (Å²) in [7, 11) is 0. The molecule has 6 nitrogen and oxygen atoms in total. The lowest BCUT2D eigenvalue weighted by molar-refractivity contribution is -0.133. The van der Waals surface area contributed by atoms with Crippen molar-refractivity contribution in [3.8, 4) is 0 Å². The van der Waals surface area contributed by atoms with E-state index in [1.807, 2.05) is 0 Å². The third-order valence-corrected chi connectivity index (χ3v) is 1.80. The highest BCUT2D eigenvalue weighted by Gasteiger charge is 2.13. The van der Waals surface area contributed by atoms with Gasteiger partial charge in [0.2, 0.25) is 0 Å². The van der Waals surface area contributed by atoms with Crippen molar-refractivity contribution in [2.45, 2.75) is 12.5 Å². The fourth-order valence-corrected chi connectivity index (χ4v) is 0.979. The van der Waals surface area contributed by atoms with Crippen LogP contribution >= 0.6 is 0 Å². The van der Waals surface area contributed by atoms with Gasteiger partial charge in [-0.25, -0.2) is 4.79 Å². The zero-order valence-corrected chi connectivity index (χ0v) is 9.09. The number of ether oxygens (including phenoxy) is 2. The summed E-state index contributed by atoms with van der Waals surface area (Å²) in [6, 6.07) is 0. The highest BCUT2D eigenvalue weighted by atomic mass is 16.5. The Labute approximate surface area is 94.1 Å². The monoisotopic (exact) mass is 234 g/mol. The van der Waals surface area contributed by atoms with Crippen molar-refractivity contribution in [2.75, 3.05) is 33.0 Å². The van der Waals surface area contributed by atoms with Gasteiger partial charge in [-0.15, -0.1) is 0 Å². The van der Waals surface area contributed by atoms with Crippen LogP contribution in [0.25, 0.3) is 0 Å². The lowest BCUT2D eigenvalue weighted by atomic mass is 10.1. The standard InChI is InChI=1S/C10H18O6/c1-8(10(13)14)6-9(7-12)16-5-4-15-3-2-11/h9,11-12H,1-7H2,(H,13,14). The Kier molecular flexibility index (Phi) is 8.74. The molecule has 0 spiro atoms. The van der Waals surface area contributed by atoms with Gasteiger partial charge >= 0.3 is 5.97 Å². The number of rotatable bonds is 10. The van der Waals surface area contributed by atoms with Crippen molar-refractivity contribution >= 4 is 5.97 Å². The molecule has 0 amide bonds. The van der Waals surface area contributed by atoms with Crippen molar-refractivity contribution in [3.63, 3.8) is 0 Å². The van der Waals surface area contributed by atoms with Crippen LogP contribution in [0.2, 0.25) is 0 Å². The third-order valence-electron chi connectivity index (χ3n) is 1.80. The van der Waals surface area contributed by atoms with Gasteiger partial charge in [-0.3, -0.25) is 0 Å². The maximum Gasteiger partial charge on any atom is 0.331 e. The predicted octanol–water partition coefficient (Wildman–Crippen LogP) is -0.596. The Morgan fingerprint density at radius 3 is 2.44 bits per heavy atom. The number of carboxylic acids is 1. The van der Waals surface area contributed by atoms with Crippen LogP contribution in [-0.4, -0.2) is 60.4 Å². The highest BCUT2D eigenvalue weighted by Crippen LogP contribution is 2.06. The first kappa shape index (κ1) is 15.0. The zero-order valence-electron chi connectivity index (χ0n) is 9.09. The number of aliphatic hydroxyl groups is 2. The molecule has 0 aliphatic carbocycles. The second-order valence-electron chi connectivity index (χ2n) is 3.12. The fourth-order valence-electron chi connectivity index (χ4n) is 0.979. The number of carboxylic acid groups (broad SMARTS) is 1. The van der Waals surface area contributed by atoms with E-state index < -0.39 is 12.1 Å². The maximum absolute atomic E-state index is 10.5. The smallest absolute Gasteiger partial charge is 0.331 e. The molecule has 0 heterocycles. The molecule has 3 N–H and O–H groups in total. The summed E-state index contributed by atoms with van der Waals surface area (Å²) in [6.45, 7) is 3.77. The largest absolute Gasteiger partial charge is 0.478 e. The average Bonchev–Trinajstić information content (AvgIpc) is 2.26. The summed E-state index contributed by atoms with van der Waals surface area (Å²) in [6.07, 6.45) is -0.507. The van der Waals surface area contributed by atoms with Gasteiger partial charge in [0, 0.05) is 12.0 Å². The molecule has 6 heteroatoms. The van der Waals surface area contributed by atoms with E-state index in [0.717, 1.165) is 0 Å². The number of aliphatic hydroxyl groups excluding tert-OH is 2. The molecule has 1 unspecified atom stereocenters. The van der Waals surface area contributed by atoms with E-state index in [2.05, 4.69) is 6.58 Å². The molecule has 0 rings (SSSR count). The molecule has 0 aromatic rings. The van der Waals surface area contributed by atoms with Crippen molar-refractivity contribution in [2.24, 2.45) is 0 Å². The van der Waals surface area contributed by atoms with Crippen molar-refractivity contribution in [3.05, 3.63) is 12.2 Å². The normalized spacial score (nSPS) is 12.4. The second kappa shape index (κ2) is 9.29. The van der Waals surface area contributed by atoms with Crippen LogP contribution < -0.4 is 0 Å². The van der Waals surface area contributed by atoms with Gasteiger partial charge in [0.05, 0.1) is 39.1 Å². The van der Waals surface area contributed by atoms with Gasteiger partial charge in [0.1, 0.15) is 0 Å². The minimum atomic E-state index is -1.10. The van der Waals surface area contributed by atoms with E-state index in [0.29, 0.717) is 0 Å². The number of carbonyl (C=O) groups is 1. The van der Waals surface area contributed by atoms with Gasteiger partial charge in [0.15, 0.2) is 0 Å². The van der Waals surface area contributed by atoms with Crippen molar-refractivity contribution in [1.29, 1.82) is 0 Å². The molecule has 0 saturated heterocycles. The Morgan fingerprint density at radius 1 is 1.25 bits per heavy atom. The first-order valence-corrected chi connectivity index (χ1v) is 4.94. The lowest BCUT2D eigenvalue weighted by Gasteiger charge is -2.15. The molecule has 94 valence electrons. The van der Waals surface area contributed by atoms with Gasteiger partial charge in [-0.2, -0.15) is 0 Å². The van der Waals surface area contributed by atoms with Crippen LogP contribution in [0.5, 0.6) is 0 Å². The predicted molar refractivity (Wildman–Crippen MR) is 56.1 cm³/mol. The summed E-state index contributed by atoms with van der Waals surface area (Å²) in [5.74, 6) is -1.10. The molecule has 0 aromatic heterocycles. The molecular formula is C10H18O6. The summed E-state index contributed by atoms with van der Waals surface area (Å²) < 4.78 is 10.1. The van der Waals surface area contributed by atoms with Gasteiger partial charge in [-0.1, -0.05) is 6.58 Å². The molecule has 1 atom stereocenters. The van der Waals surface area contributed by atoms with E-state index >= 15 is 0 Å². The fraction of sp³-hybridized carbons (Fsp3) is 0.700. The van der Waals surface area contributed by atoms with Crippen molar-refractivity contribution < 1.29 is 29.6 Å². The SMILES string of the molecule is C=C(CC(CO)OCCOCCO)C(=O)O. The van der Waals surface area contributed by atoms with E-state index in [9.17, 15) is 4.79 Å². The average molecular weight is 234 g/mol. The van der Waals surface area contributed by atoms with Crippen LogP contribution in [0.4, 0.5) is 0 Å². The van der Waals surface area contributed by atoms with Crippen LogP contribution in [-0.2, 0) is 14.3 Å². The molecule has 16 heavy (non-hydrogen) atoms. The summed E-state index contributed by atoms with van der Waals surface area (Å²) in [5, 5.41) is 25.9. The minimum absolute atomic E-state index is 0.00433. The quantitative estimate of drug-likeness (QED) is 0.345. The van der Waals surface area contributed by atoms with Crippen LogP contribution in [0.1, 0.15) is 6.42 Å². The summed E-state index contributed by atoms with van der Waals surface area (Å²) in [5.41, 5.74) is -0.00433. The summed E-state index contributed by atoms with van der Waals surface area (Å²) in [4.78, 5) is 10.5. The Balaban J connectivity index is 3.67. The first-order chi connectivity index (χ1) is 7.61. The molecule has 0 radical (unpaired) electrons. The highest BCUT2D eigenvalue weighted by molar-refractivity contribution is 5.85. The summed E-state index contributed by atoms with van der Waals surface area (Å²) >= 11 is 0. The molecule has 0 fully saturated rings. The zero-order chi connectivity index (χ0) is 12.4. The second-order valence-corrected chi connectivity index (χ2v) is 3.12. The van der Waals surface area contributed by atoms with E-state index in [1.54, 1.807) is 0 Å².